The van der Waals surface area contributed by atoms with Crippen LogP contribution in [0.5, 0.6) is 0 Å². The van der Waals surface area contributed by atoms with Crippen LogP contribution in [0.4, 0.5) is 5.69 Å². The third-order valence-corrected chi connectivity index (χ3v) is 2.32. The highest BCUT2D eigenvalue weighted by molar-refractivity contribution is 7.86. The second kappa shape index (κ2) is 3.12. The zero-order valence-electron chi connectivity index (χ0n) is 6.44. The lowest BCUT2D eigenvalue weighted by Gasteiger charge is -2.11. The fourth-order valence-corrected chi connectivity index (χ4v) is 1.58. The summed E-state index contributed by atoms with van der Waals surface area (Å²) in [7, 11) is -2.80. The van der Waals surface area contributed by atoms with Crippen molar-refractivity contribution in [3.05, 3.63) is 24.3 Å². The summed E-state index contributed by atoms with van der Waals surface area (Å²) in [6.45, 7) is 0. The molecule has 12 heavy (non-hydrogen) atoms. The second-order valence-corrected chi connectivity index (χ2v) is 3.55. The Morgan fingerprint density at radius 2 is 1.92 bits per heavy atom. The minimum Gasteiger partial charge on any atom is -0.744 e. The zero-order chi connectivity index (χ0) is 9.19. The Morgan fingerprint density at radius 3 is 2.33 bits per heavy atom. The lowest BCUT2D eigenvalue weighted by Crippen LogP contribution is -2.02. The molecule has 0 fully saturated rings. The van der Waals surface area contributed by atoms with Gasteiger partial charge in [-0.05, 0) is 12.1 Å². The van der Waals surface area contributed by atoms with E-state index >= 15 is 0 Å². The van der Waals surface area contributed by atoms with Crippen molar-refractivity contribution in [2.24, 2.45) is 0 Å². The van der Waals surface area contributed by atoms with Crippen molar-refractivity contribution >= 4 is 15.8 Å². The molecule has 1 aromatic rings. The van der Waals surface area contributed by atoms with Gasteiger partial charge < -0.3 is 9.87 Å². The predicted molar refractivity (Wildman–Crippen MR) is 44.0 cm³/mol. The smallest absolute Gasteiger partial charge is 0.126 e. The van der Waals surface area contributed by atoms with Crippen LogP contribution in [0, 0.1) is 0 Å². The first-order chi connectivity index (χ1) is 5.55. The lowest BCUT2D eigenvalue weighted by atomic mass is 10.3. The van der Waals surface area contributed by atoms with E-state index in [9.17, 15) is 13.0 Å². The summed E-state index contributed by atoms with van der Waals surface area (Å²) in [5.41, 5.74) is 0.326. The van der Waals surface area contributed by atoms with Crippen molar-refractivity contribution in [3.8, 4) is 0 Å². The SMILES string of the molecule is CNc1ccccc1S(=O)(=O)[O-]. The van der Waals surface area contributed by atoms with Crippen molar-refractivity contribution in [1.82, 2.24) is 0 Å². The summed E-state index contributed by atoms with van der Waals surface area (Å²) in [5.74, 6) is 0. The van der Waals surface area contributed by atoms with E-state index in [2.05, 4.69) is 5.32 Å². The van der Waals surface area contributed by atoms with Gasteiger partial charge in [-0.2, -0.15) is 0 Å². The number of hydrogen-bond acceptors (Lipinski definition) is 4. The fourth-order valence-electron chi connectivity index (χ4n) is 0.891. The van der Waals surface area contributed by atoms with E-state index in [1.807, 2.05) is 0 Å². The molecule has 66 valence electrons. The Kier molecular flexibility index (Phi) is 2.35. The number of nitrogens with one attached hydrogen (secondary N) is 1. The third-order valence-electron chi connectivity index (χ3n) is 1.43. The van der Waals surface area contributed by atoms with Gasteiger partial charge in [-0.15, -0.1) is 0 Å². The number of rotatable bonds is 2. The van der Waals surface area contributed by atoms with E-state index < -0.39 is 10.1 Å². The van der Waals surface area contributed by atoms with Gasteiger partial charge in [0.2, 0.25) is 0 Å². The molecular weight excluding hydrogens is 178 g/mol. The van der Waals surface area contributed by atoms with Gasteiger partial charge in [0, 0.05) is 7.05 Å². The van der Waals surface area contributed by atoms with Gasteiger partial charge in [0.15, 0.2) is 0 Å². The van der Waals surface area contributed by atoms with E-state index in [1.54, 1.807) is 13.1 Å². The van der Waals surface area contributed by atoms with Crippen LogP contribution in [-0.4, -0.2) is 20.0 Å². The highest BCUT2D eigenvalue weighted by Crippen LogP contribution is 2.18. The van der Waals surface area contributed by atoms with Gasteiger partial charge in [-0.3, -0.25) is 0 Å². The molecule has 0 radical (unpaired) electrons. The molecule has 0 saturated carbocycles. The van der Waals surface area contributed by atoms with Crippen molar-refractivity contribution in [2.75, 3.05) is 12.4 Å². The van der Waals surface area contributed by atoms with Gasteiger partial charge in [-0.1, -0.05) is 12.1 Å². The van der Waals surface area contributed by atoms with Crippen LogP contribution in [0.1, 0.15) is 0 Å². The van der Waals surface area contributed by atoms with Crippen LogP contribution in [-0.2, 0) is 10.1 Å². The van der Waals surface area contributed by atoms with E-state index in [0.29, 0.717) is 5.69 Å². The van der Waals surface area contributed by atoms with Gasteiger partial charge in [0.1, 0.15) is 10.1 Å². The molecule has 0 aliphatic heterocycles. The molecule has 0 atom stereocenters. The molecule has 0 heterocycles. The molecule has 0 aliphatic carbocycles. The first kappa shape index (κ1) is 9.02. The average molecular weight is 186 g/mol. The first-order valence-corrected chi connectivity index (χ1v) is 4.69. The maximum atomic E-state index is 10.6. The molecule has 0 bridgehead atoms. The Labute approximate surface area is 71.0 Å². The predicted octanol–water partition coefficient (Wildman–Crippen LogP) is 0.632. The molecule has 1 aromatic carbocycles. The molecule has 0 aliphatic rings. The van der Waals surface area contributed by atoms with E-state index in [0.717, 1.165) is 0 Å². The number of anilines is 1. The number of benzene rings is 1. The monoisotopic (exact) mass is 186 g/mol. The molecule has 0 spiro atoms. The molecule has 1 rings (SSSR count). The minimum atomic E-state index is -4.36. The summed E-state index contributed by atoms with van der Waals surface area (Å²) in [6, 6.07) is 5.96. The molecule has 0 amide bonds. The normalized spacial score (nSPS) is 11.2. The standard InChI is InChI=1S/C7H9NO3S/c1-8-6-4-2-3-5-7(6)12(9,10)11/h2-5,8H,1H3,(H,9,10,11)/p-1. The lowest BCUT2D eigenvalue weighted by molar-refractivity contribution is 0.463. The van der Waals surface area contributed by atoms with E-state index in [4.69, 9.17) is 0 Å². The molecule has 0 unspecified atom stereocenters. The fraction of sp³-hybridized carbons (Fsp3) is 0.143. The van der Waals surface area contributed by atoms with Gasteiger partial charge in [0.05, 0.1) is 10.6 Å². The summed E-state index contributed by atoms with van der Waals surface area (Å²) >= 11 is 0. The number of para-hydroxylation sites is 1. The Balaban J connectivity index is 3.33. The summed E-state index contributed by atoms with van der Waals surface area (Å²) in [6.07, 6.45) is 0. The second-order valence-electron chi connectivity index (χ2n) is 2.20. The topological polar surface area (TPSA) is 69.2 Å². The van der Waals surface area contributed by atoms with E-state index in [1.165, 1.54) is 18.2 Å². The van der Waals surface area contributed by atoms with Gasteiger partial charge in [-0.25, -0.2) is 8.42 Å². The van der Waals surface area contributed by atoms with Crippen LogP contribution in [0.3, 0.4) is 0 Å². The summed E-state index contributed by atoms with van der Waals surface area (Å²) < 4.78 is 31.9. The Morgan fingerprint density at radius 1 is 1.33 bits per heavy atom. The van der Waals surface area contributed by atoms with Crippen molar-refractivity contribution in [3.63, 3.8) is 0 Å². The highest BCUT2D eigenvalue weighted by Gasteiger charge is 2.05. The van der Waals surface area contributed by atoms with Crippen molar-refractivity contribution in [1.29, 1.82) is 0 Å². The Bertz CT molecular complexity index is 372. The van der Waals surface area contributed by atoms with Gasteiger partial charge >= 0.3 is 0 Å². The highest BCUT2D eigenvalue weighted by atomic mass is 32.2. The molecule has 0 aromatic heterocycles. The van der Waals surface area contributed by atoms with Crippen LogP contribution < -0.4 is 5.32 Å². The molecular formula is C7H8NO3S-. The number of hydrogen-bond donors (Lipinski definition) is 1. The van der Waals surface area contributed by atoms with Crippen LogP contribution in [0.25, 0.3) is 0 Å². The van der Waals surface area contributed by atoms with Gasteiger partial charge in [0.25, 0.3) is 0 Å². The summed E-state index contributed by atoms with van der Waals surface area (Å²) in [5, 5.41) is 2.62. The average Bonchev–Trinajstić information content (AvgIpc) is 2.03. The quantitative estimate of drug-likeness (QED) is 0.688. The molecule has 0 saturated heterocycles. The van der Waals surface area contributed by atoms with E-state index in [-0.39, 0.29) is 4.90 Å². The van der Waals surface area contributed by atoms with Crippen LogP contribution >= 0.6 is 0 Å². The molecule has 4 nitrogen and oxygen atoms in total. The summed E-state index contributed by atoms with van der Waals surface area (Å²) in [4.78, 5) is -0.215. The maximum absolute atomic E-state index is 10.6. The van der Waals surface area contributed by atoms with Crippen molar-refractivity contribution < 1.29 is 13.0 Å². The largest absolute Gasteiger partial charge is 0.744 e. The zero-order valence-corrected chi connectivity index (χ0v) is 7.26. The first-order valence-electron chi connectivity index (χ1n) is 3.28. The molecule has 5 heteroatoms. The third kappa shape index (κ3) is 1.75. The Hall–Kier alpha value is -1.07. The molecule has 1 N–H and O–H groups in total. The minimum absolute atomic E-state index is 0.215. The van der Waals surface area contributed by atoms with Crippen molar-refractivity contribution in [2.45, 2.75) is 4.90 Å². The maximum Gasteiger partial charge on any atom is 0.126 e. The van der Waals surface area contributed by atoms with Crippen LogP contribution in [0.15, 0.2) is 29.2 Å². The van der Waals surface area contributed by atoms with Crippen LogP contribution in [0.2, 0.25) is 0 Å².